The zero-order valence-electron chi connectivity index (χ0n) is 13.8. The number of amides is 1. The molecule has 0 saturated carbocycles. The number of rotatable bonds is 6. The number of nitrogens with one attached hydrogen (secondary N) is 1. The first-order chi connectivity index (χ1) is 11.4. The number of carbonyl (C=O) groups is 3. The van der Waals surface area contributed by atoms with Crippen LogP contribution < -0.4 is 10.1 Å². The normalized spacial score (nSPS) is 11.5. The van der Waals surface area contributed by atoms with Crippen molar-refractivity contribution in [2.75, 3.05) is 5.32 Å². The largest absolute Gasteiger partial charge is 0.481 e. The molecular formula is C19H19NO4. The van der Waals surface area contributed by atoms with Gasteiger partial charge < -0.3 is 10.1 Å². The molecule has 0 aliphatic carbocycles. The third kappa shape index (κ3) is 4.52. The lowest BCUT2D eigenvalue weighted by molar-refractivity contribution is -0.122. The number of ketones is 2. The highest BCUT2D eigenvalue weighted by Gasteiger charge is 2.15. The molecule has 0 aliphatic rings. The Kier molecular flexibility index (Phi) is 5.47. The summed E-state index contributed by atoms with van der Waals surface area (Å²) in [5, 5.41) is 2.73. The molecule has 1 amide bonds. The number of ether oxygens (including phenoxy) is 1. The van der Waals surface area contributed by atoms with Gasteiger partial charge in [0.2, 0.25) is 0 Å². The summed E-state index contributed by atoms with van der Waals surface area (Å²) in [5.74, 6) is 0.149. The molecule has 0 fully saturated rings. The zero-order valence-corrected chi connectivity index (χ0v) is 13.8. The summed E-state index contributed by atoms with van der Waals surface area (Å²) in [5.41, 5.74) is 1.76. The molecule has 5 nitrogen and oxygen atoms in total. The molecule has 1 N–H and O–H groups in total. The highest BCUT2D eigenvalue weighted by Crippen LogP contribution is 2.16. The maximum Gasteiger partial charge on any atom is 0.265 e. The molecule has 0 aromatic heterocycles. The lowest BCUT2D eigenvalue weighted by Gasteiger charge is -2.15. The number of anilines is 1. The summed E-state index contributed by atoms with van der Waals surface area (Å²) in [6.45, 7) is 4.61. The van der Waals surface area contributed by atoms with Gasteiger partial charge in [0.05, 0.1) is 0 Å². The van der Waals surface area contributed by atoms with E-state index in [1.807, 2.05) is 0 Å². The fraction of sp³-hybridized carbons (Fsp3) is 0.211. The molecule has 0 radical (unpaired) electrons. The number of benzene rings is 2. The summed E-state index contributed by atoms with van der Waals surface area (Å²) in [6, 6.07) is 13.3. The highest BCUT2D eigenvalue weighted by molar-refractivity contribution is 5.97. The smallest absolute Gasteiger partial charge is 0.265 e. The van der Waals surface area contributed by atoms with Crippen LogP contribution in [0.2, 0.25) is 0 Å². The van der Waals surface area contributed by atoms with Crippen molar-refractivity contribution in [2.24, 2.45) is 0 Å². The second-order valence-corrected chi connectivity index (χ2v) is 5.46. The molecule has 2 aromatic carbocycles. The van der Waals surface area contributed by atoms with Crippen molar-refractivity contribution in [1.29, 1.82) is 0 Å². The van der Waals surface area contributed by atoms with Crippen molar-refractivity contribution in [3.05, 3.63) is 59.7 Å². The Labute approximate surface area is 140 Å². The Morgan fingerprint density at radius 1 is 0.833 bits per heavy atom. The van der Waals surface area contributed by atoms with Crippen molar-refractivity contribution in [3.63, 3.8) is 0 Å². The Bertz CT molecular complexity index is 748. The van der Waals surface area contributed by atoms with Crippen molar-refractivity contribution >= 4 is 23.2 Å². The minimum Gasteiger partial charge on any atom is -0.481 e. The van der Waals surface area contributed by atoms with Gasteiger partial charge in [0.25, 0.3) is 5.91 Å². The molecule has 5 heteroatoms. The minimum atomic E-state index is -0.708. The van der Waals surface area contributed by atoms with E-state index in [9.17, 15) is 14.4 Å². The molecule has 0 aliphatic heterocycles. The van der Waals surface area contributed by atoms with Crippen LogP contribution in [0.5, 0.6) is 5.75 Å². The summed E-state index contributed by atoms with van der Waals surface area (Å²) in [4.78, 5) is 34.6. The number of Topliss-reactive ketones (excluding diaryl/α,β-unsaturated/α-hetero) is 2. The first kappa shape index (κ1) is 17.4. The second kappa shape index (κ2) is 7.55. The monoisotopic (exact) mass is 325 g/mol. The Balaban J connectivity index is 1.96. The lowest BCUT2D eigenvalue weighted by atomic mass is 10.1. The van der Waals surface area contributed by atoms with Crippen LogP contribution in [-0.4, -0.2) is 23.6 Å². The van der Waals surface area contributed by atoms with Gasteiger partial charge in [-0.2, -0.15) is 0 Å². The van der Waals surface area contributed by atoms with Crippen LogP contribution in [-0.2, 0) is 4.79 Å². The molecule has 0 saturated heterocycles. The van der Waals surface area contributed by atoms with E-state index in [1.54, 1.807) is 55.5 Å². The molecule has 0 unspecified atom stereocenters. The molecular weight excluding hydrogens is 306 g/mol. The van der Waals surface area contributed by atoms with E-state index in [4.69, 9.17) is 4.74 Å². The van der Waals surface area contributed by atoms with Crippen LogP contribution in [0.15, 0.2) is 48.5 Å². The van der Waals surface area contributed by atoms with Gasteiger partial charge in [0, 0.05) is 16.8 Å². The van der Waals surface area contributed by atoms with Gasteiger partial charge in [-0.15, -0.1) is 0 Å². The third-order valence-corrected chi connectivity index (χ3v) is 3.50. The van der Waals surface area contributed by atoms with Gasteiger partial charge in [-0.1, -0.05) is 0 Å². The Hall–Kier alpha value is -2.95. The van der Waals surface area contributed by atoms with E-state index in [2.05, 4.69) is 5.32 Å². The van der Waals surface area contributed by atoms with Crippen LogP contribution in [0.1, 0.15) is 41.5 Å². The topological polar surface area (TPSA) is 72.5 Å². The fourth-order valence-electron chi connectivity index (χ4n) is 2.06. The number of hydrogen-bond donors (Lipinski definition) is 1. The third-order valence-electron chi connectivity index (χ3n) is 3.50. The zero-order chi connectivity index (χ0) is 17.7. The van der Waals surface area contributed by atoms with E-state index < -0.39 is 6.10 Å². The Morgan fingerprint density at radius 2 is 1.29 bits per heavy atom. The Morgan fingerprint density at radius 3 is 1.75 bits per heavy atom. The van der Waals surface area contributed by atoms with Crippen LogP contribution >= 0.6 is 0 Å². The van der Waals surface area contributed by atoms with Crippen LogP contribution in [0.4, 0.5) is 5.69 Å². The molecule has 0 bridgehead atoms. The first-order valence-corrected chi connectivity index (χ1v) is 7.56. The molecule has 124 valence electrons. The van der Waals surface area contributed by atoms with Gasteiger partial charge in [0.1, 0.15) is 5.75 Å². The molecule has 2 rings (SSSR count). The van der Waals surface area contributed by atoms with Crippen molar-refractivity contribution in [2.45, 2.75) is 26.9 Å². The van der Waals surface area contributed by atoms with E-state index in [0.717, 1.165) is 0 Å². The molecule has 0 spiro atoms. The molecule has 24 heavy (non-hydrogen) atoms. The van der Waals surface area contributed by atoms with Gasteiger partial charge in [-0.3, -0.25) is 14.4 Å². The summed E-state index contributed by atoms with van der Waals surface area (Å²) < 4.78 is 5.57. The minimum absolute atomic E-state index is 0.0265. The van der Waals surface area contributed by atoms with Crippen LogP contribution in [0, 0.1) is 0 Å². The SMILES string of the molecule is CC(=O)c1ccc(NC(=O)[C@@H](C)Oc2ccc(C(C)=O)cc2)cc1. The van der Waals surface area contributed by atoms with Gasteiger partial charge >= 0.3 is 0 Å². The second-order valence-electron chi connectivity index (χ2n) is 5.46. The summed E-state index contributed by atoms with van der Waals surface area (Å²) >= 11 is 0. The van der Waals surface area contributed by atoms with E-state index in [0.29, 0.717) is 22.6 Å². The number of carbonyl (C=O) groups excluding carboxylic acids is 3. The quantitative estimate of drug-likeness (QED) is 0.825. The van der Waals surface area contributed by atoms with E-state index in [1.165, 1.54) is 13.8 Å². The number of hydrogen-bond acceptors (Lipinski definition) is 4. The van der Waals surface area contributed by atoms with E-state index >= 15 is 0 Å². The van der Waals surface area contributed by atoms with Gasteiger partial charge in [-0.05, 0) is 69.3 Å². The van der Waals surface area contributed by atoms with E-state index in [-0.39, 0.29) is 17.5 Å². The van der Waals surface area contributed by atoms with Crippen molar-refractivity contribution in [3.8, 4) is 5.75 Å². The molecule has 2 aromatic rings. The van der Waals surface area contributed by atoms with Crippen LogP contribution in [0.25, 0.3) is 0 Å². The lowest BCUT2D eigenvalue weighted by Crippen LogP contribution is -2.30. The predicted octanol–water partition coefficient (Wildman–Crippen LogP) is 3.50. The first-order valence-electron chi connectivity index (χ1n) is 7.56. The van der Waals surface area contributed by atoms with Crippen molar-refractivity contribution in [1.82, 2.24) is 0 Å². The van der Waals surface area contributed by atoms with Gasteiger partial charge in [0.15, 0.2) is 17.7 Å². The maximum absolute atomic E-state index is 12.2. The van der Waals surface area contributed by atoms with Crippen LogP contribution in [0.3, 0.4) is 0 Å². The maximum atomic E-state index is 12.2. The predicted molar refractivity (Wildman–Crippen MR) is 91.6 cm³/mol. The van der Waals surface area contributed by atoms with Crippen molar-refractivity contribution < 1.29 is 19.1 Å². The van der Waals surface area contributed by atoms with Gasteiger partial charge in [-0.25, -0.2) is 0 Å². The molecule has 1 atom stereocenters. The summed E-state index contributed by atoms with van der Waals surface area (Å²) in [6.07, 6.45) is -0.708. The standard InChI is InChI=1S/C19H19NO4/c1-12(21)15-4-8-17(9-5-15)20-19(23)14(3)24-18-10-6-16(7-11-18)13(2)22/h4-11,14H,1-3H3,(H,20,23)/t14-/m1/s1. The average molecular weight is 325 g/mol. The molecule has 0 heterocycles. The summed E-state index contributed by atoms with van der Waals surface area (Å²) in [7, 11) is 0. The highest BCUT2D eigenvalue weighted by atomic mass is 16.5. The fourth-order valence-corrected chi connectivity index (χ4v) is 2.06. The average Bonchev–Trinajstić information content (AvgIpc) is 2.55.